The molecule has 0 amide bonds. The normalized spacial score (nSPS) is 14.4. The third kappa shape index (κ3) is 5.28. The fraction of sp³-hybridized carbons (Fsp3) is 0.824. The third-order valence-electron chi connectivity index (χ3n) is 4.15. The Bertz CT molecular complexity index is 370. The maximum atomic E-state index is 4.51. The minimum Gasteiger partial charge on any atom is -0.309 e. The van der Waals surface area contributed by atoms with Crippen LogP contribution < -0.4 is 5.32 Å². The molecule has 0 aromatic carbocycles. The van der Waals surface area contributed by atoms with Gasteiger partial charge in [0.25, 0.3) is 0 Å². The molecule has 0 bridgehead atoms. The number of rotatable bonds is 10. The number of aromatic nitrogens is 2. The predicted molar refractivity (Wildman–Crippen MR) is 86.9 cm³/mol. The van der Waals surface area contributed by atoms with Gasteiger partial charge in [-0.05, 0) is 38.3 Å². The van der Waals surface area contributed by atoms with Crippen LogP contribution in [0.5, 0.6) is 0 Å². The zero-order valence-corrected chi connectivity index (χ0v) is 14.1. The van der Waals surface area contributed by atoms with Crippen molar-refractivity contribution in [3.63, 3.8) is 0 Å². The van der Waals surface area contributed by atoms with E-state index in [0.29, 0.717) is 6.04 Å². The molecular formula is C17H33N3. The van der Waals surface area contributed by atoms with Crippen molar-refractivity contribution in [2.75, 3.05) is 6.54 Å². The third-order valence-corrected chi connectivity index (χ3v) is 4.15. The van der Waals surface area contributed by atoms with Crippen LogP contribution in [0.3, 0.4) is 0 Å². The van der Waals surface area contributed by atoms with Crippen LogP contribution in [-0.4, -0.2) is 16.3 Å². The lowest BCUT2D eigenvalue weighted by molar-refractivity contribution is 0.344. The van der Waals surface area contributed by atoms with Crippen LogP contribution in [0.25, 0.3) is 0 Å². The Morgan fingerprint density at radius 2 is 2.00 bits per heavy atom. The van der Waals surface area contributed by atoms with Crippen molar-refractivity contribution in [2.24, 2.45) is 13.0 Å². The Labute approximate surface area is 125 Å². The second-order valence-corrected chi connectivity index (χ2v) is 5.99. The van der Waals surface area contributed by atoms with Crippen molar-refractivity contribution in [3.8, 4) is 0 Å². The molecule has 1 aromatic heterocycles. The van der Waals surface area contributed by atoms with E-state index in [0.717, 1.165) is 18.2 Å². The second kappa shape index (κ2) is 9.17. The molecule has 0 radical (unpaired) electrons. The van der Waals surface area contributed by atoms with Crippen LogP contribution in [0.4, 0.5) is 0 Å². The van der Waals surface area contributed by atoms with Crippen molar-refractivity contribution in [1.29, 1.82) is 0 Å². The highest BCUT2D eigenvalue weighted by Gasteiger charge is 2.19. The molecule has 0 spiro atoms. The van der Waals surface area contributed by atoms with Gasteiger partial charge in [-0.1, -0.05) is 46.5 Å². The van der Waals surface area contributed by atoms with E-state index in [1.165, 1.54) is 44.2 Å². The van der Waals surface area contributed by atoms with E-state index in [9.17, 15) is 0 Å². The fourth-order valence-corrected chi connectivity index (χ4v) is 2.90. The Balaban J connectivity index is 2.75. The Kier molecular flexibility index (Phi) is 7.90. The van der Waals surface area contributed by atoms with Gasteiger partial charge in [0.1, 0.15) is 0 Å². The molecule has 1 rings (SSSR count). The number of nitrogens with one attached hydrogen (secondary N) is 1. The van der Waals surface area contributed by atoms with E-state index in [2.05, 4.69) is 55.9 Å². The van der Waals surface area contributed by atoms with Crippen LogP contribution >= 0.6 is 0 Å². The van der Waals surface area contributed by atoms with E-state index < -0.39 is 0 Å². The zero-order valence-electron chi connectivity index (χ0n) is 14.1. The smallest absolute Gasteiger partial charge is 0.0597 e. The molecule has 0 aliphatic heterocycles. The summed E-state index contributed by atoms with van der Waals surface area (Å²) in [5, 5.41) is 8.23. The minimum absolute atomic E-state index is 0.447. The van der Waals surface area contributed by atoms with E-state index in [1.54, 1.807) is 0 Å². The summed E-state index contributed by atoms with van der Waals surface area (Å²) in [6.07, 6.45) is 7.70. The highest BCUT2D eigenvalue weighted by Crippen LogP contribution is 2.27. The molecule has 3 nitrogen and oxygen atoms in total. The summed E-state index contributed by atoms with van der Waals surface area (Å²) in [4.78, 5) is 0. The monoisotopic (exact) mass is 279 g/mol. The highest BCUT2D eigenvalue weighted by molar-refractivity contribution is 5.13. The summed E-state index contributed by atoms with van der Waals surface area (Å²) in [6.45, 7) is 10.00. The van der Waals surface area contributed by atoms with Gasteiger partial charge < -0.3 is 5.32 Å². The average Bonchev–Trinajstić information content (AvgIpc) is 2.77. The summed E-state index contributed by atoms with van der Waals surface area (Å²) < 4.78 is 2.05. The SMILES string of the molecule is CCCCC(CC)CC(NCCC)c1cc(C)nn1C. The van der Waals surface area contributed by atoms with Crippen LogP contribution in [0.2, 0.25) is 0 Å². The van der Waals surface area contributed by atoms with Crippen LogP contribution in [0.1, 0.15) is 76.7 Å². The maximum Gasteiger partial charge on any atom is 0.0597 e. The summed E-state index contributed by atoms with van der Waals surface area (Å²) in [6, 6.07) is 2.68. The maximum absolute atomic E-state index is 4.51. The predicted octanol–water partition coefficient (Wildman–Crippen LogP) is 4.38. The van der Waals surface area contributed by atoms with Gasteiger partial charge in [-0.15, -0.1) is 0 Å². The van der Waals surface area contributed by atoms with Gasteiger partial charge in [-0.3, -0.25) is 4.68 Å². The Morgan fingerprint density at radius 3 is 2.50 bits per heavy atom. The van der Waals surface area contributed by atoms with Crippen LogP contribution in [-0.2, 0) is 7.05 Å². The molecule has 2 unspecified atom stereocenters. The number of nitrogens with zero attached hydrogens (tertiary/aromatic N) is 2. The average molecular weight is 279 g/mol. The highest BCUT2D eigenvalue weighted by atomic mass is 15.3. The molecule has 0 aliphatic rings. The molecule has 0 fully saturated rings. The molecule has 0 saturated carbocycles. The van der Waals surface area contributed by atoms with Gasteiger partial charge in [0.15, 0.2) is 0 Å². The molecule has 2 atom stereocenters. The van der Waals surface area contributed by atoms with Crippen molar-refractivity contribution >= 4 is 0 Å². The molecule has 116 valence electrons. The number of hydrogen-bond acceptors (Lipinski definition) is 2. The molecule has 0 aliphatic carbocycles. The molecular weight excluding hydrogens is 246 g/mol. The Morgan fingerprint density at radius 1 is 1.25 bits per heavy atom. The lowest BCUT2D eigenvalue weighted by atomic mass is 9.90. The Hall–Kier alpha value is -0.830. The number of aryl methyl sites for hydroxylation is 2. The van der Waals surface area contributed by atoms with Crippen molar-refractivity contribution < 1.29 is 0 Å². The summed E-state index contributed by atoms with van der Waals surface area (Å²) in [5.74, 6) is 0.819. The first kappa shape index (κ1) is 17.2. The van der Waals surface area contributed by atoms with E-state index in [1.807, 2.05) is 0 Å². The van der Waals surface area contributed by atoms with Crippen molar-refractivity contribution in [1.82, 2.24) is 15.1 Å². The zero-order chi connectivity index (χ0) is 15.0. The molecule has 0 saturated heterocycles. The summed E-state index contributed by atoms with van der Waals surface area (Å²) >= 11 is 0. The topological polar surface area (TPSA) is 29.9 Å². The van der Waals surface area contributed by atoms with E-state index in [-0.39, 0.29) is 0 Å². The van der Waals surface area contributed by atoms with Gasteiger partial charge in [0.05, 0.1) is 11.4 Å². The molecule has 1 heterocycles. The van der Waals surface area contributed by atoms with Crippen molar-refractivity contribution in [3.05, 3.63) is 17.5 Å². The first-order chi connectivity index (χ1) is 9.62. The van der Waals surface area contributed by atoms with E-state index in [4.69, 9.17) is 0 Å². The number of hydrogen-bond donors (Lipinski definition) is 1. The van der Waals surface area contributed by atoms with Crippen molar-refractivity contribution in [2.45, 2.75) is 72.3 Å². The molecule has 1 N–H and O–H groups in total. The second-order valence-electron chi connectivity index (χ2n) is 5.99. The van der Waals surface area contributed by atoms with Crippen LogP contribution in [0, 0.1) is 12.8 Å². The van der Waals surface area contributed by atoms with Gasteiger partial charge in [-0.2, -0.15) is 5.10 Å². The first-order valence-corrected chi connectivity index (χ1v) is 8.36. The van der Waals surface area contributed by atoms with Gasteiger partial charge in [0, 0.05) is 13.1 Å². The largest absolute Gasteiger partial charge is 0.309 e. The van der Waals surface area contributed by atoms with Gasteiger partial charge in [-0.25, -0.2) is 0 Å². The minimum atomic E-state index is 0.447. The standard InChI is InChI=1S/C17H33N3/c1-6-9-10-15(8-3)13-16(18-11-7-2)17-12-14(4)19-20(17)5/h12,15-16,18H,6-11,13H2,1-5H3. The van der Waals surface area contributed by atoms with Crippen LogP contribution in [0.15, 0.2) is 6.07 Å². The molecule has 20 heavy (non-hydrogen) atoms. The lowest BCUT2D eigenvalue weighted by Crippen LogP contribution is -2.26. The lowest BCUT2D eigenvalue weighted by Gasteiger charge is -2.24. The summed E-state index contributed by atoms with van der Waals surface area (Å²) in [5.41, 5.74) is 2.46. The fourth-order valence-electron chi connectivity index (χ4n) is 2.90. The quantitative estimate of drug-likeness (QED) is 0.689. The van der Waals surface area contributed by atoms with E-state index >= 15 is 0 Å². The molecule has 1 aromatic rings. The van der Waals surface area contributed by atoms with Gasteiger partial charge in [0.2, 0.25) is 0 Å². The summed E-state index contributed by atoms with van der Waals surface area (Å²) in [7, 11) is 2.07. The first-order valence-electron chi connectivity index (χ1n) is 8.36. The van der Waals surface area contributed by atoms with Gasteiger partial charge >= 0.3 is 0 Å². The number of unbranched alkanes of at least 4 members (excludes halogenated alkanes) is 1. The molecule has 3 heteroatoms.